The molecule has 5 N–H and O–H groups in total. The lowest BCUT2D eigenvalue weighted by molar-refractivity contribution is -0.0192. The van der Waals surface area contributed by atoms with E-state index in [0.29, 0.717) is 0 Å². The predicted octanol–water partition coefficient (Wildman–Crippen LogP) is -2.05. The van der Waals surface area contributed by atoms with Gasteiger partial charge in [-0.1, -0.05) is 0 Å². The van der Waals surface area contributed by atoms with Crippen LogP contribution in [0.5, 0.6) is 0 Å². The Hall–Kier alpha value is -1.97. The lowest BCUT2D eigenvalue weighted by Crippen LogP contribution is -2.35. The lowest BCUT2D eigenvalue weighted by Gasteiger charge is -2.18. The summed E-state index contributed by atoms with van der Waals surface area (Å²) in [7, 11) is 0. The number of aliphatic hydroxyl groups excluding tert-OH is 2. The van der Waals surface area contributed by atoms with E-state index in [4.69, 9.17) is 10.5 Å². The van der Waals surface area contributed by atoms with Crippen LogP contribution in [-0.2, 0) is 4.74 Å². The van der Waals surface area contributed by atoms with Crippen molar-refractivity contribution in [1.29, 1.82) is 0 Å². The topological polar surface area (TPSA) is 139 Å². The van der Waals surface area contributed by atoms with E-state index in [1.54, 1.807) is 0 Å². The smallest absolute Gasteiger partial charge is 0.285 e. The Balaban J connectivity index is 2.20. The highest BCUT2D eigenvalue weighted by Crippen LogP contribution is 2.24. The molecule has 3 heterocycles. The minimum absolute atomic E-state index is 0.0731. The third-order valence-electron chi connectivity index (χ3n) is 2.89. The van der Waals surface area contributed by atoms with E-state index in [1.807, 2.05) is 0 Å². The van der Waals surface area contributed by atoms with Gasteiger partial charge in [-0.3, -0.25) is 4.79 Å². The van der Waals surface area contributed by atoms with Crippen LogP contribution in [0.2, 0.25) is 0 Å². The first kappa shape index (κ1) is 11.1. The fraction of sp³-hybridized carbons (Fsp3) is 0.444. The average Bonchev–Trinajstić information content (AvgIpc) is 2.90. The van der Waals surface area contributed by atoms with Gasteiger partial charge >= 0.3 is 0 Å². The van der Waals surface area contributed by atoms with Crippen molar-refractivity contribution in [3.8, 4) is 0 Å². The van der Waals surface area contributed by atoms with Gasteiger partial charge in [0.2, 0.25) is 5.95 Å². The second-order valence-electron chi connectivity index (χ2n) is 4.03. The van der Waals surface area contributed by atoms with Gasteiger partial charge in [0.05, 0.1) is 12.9 Å². The molecule has 9 nitrogen and oxygen atoms in total. The molecule has 96 valence electrons. The van der Waals surface area contributed by atoms with Crippen LogP contribution in [0.3, 0.4) is 0 Å². The van der Waals surface area contributed by atoms with Crippen LogP contribution in [0.4, 0.5) is 5.95 Å². The highest BCUT2D eigenvalue weighted by molar-refractivity contribution is 5.69. The number of rotatable bonds is 1. The van der Waals surface area contributed by atoms with Gasteiger partial charge < -0.3 is 25.7 Å². The lowest BCUT2D eigenvalue weighted by atomic mass is 10.2. The number of hydrogen-bond donors (Lipinski definition) is 4. The molecule has 0 amide bonds. The zero-order chi connectivity index (χ0) is 12.9. The second-order valence-corrected chi connectivity index (χ2v) is 4.03. The zero-order valence-electron chi connectivity index (χ0n) is 9.15. The first-order chi connectivity index (χ1) is 8.59. The summed E-state index contributed by atoms with van der Waals surface area (Å²) in [6.07, 6.45) is -2.02. The maximum atomic E-state index is 12.1. The molecule has 1 aliphatic heterocycles. The Labute approximate surface area is 99.8 Å². The minimum atomic E-state index is -1.23. The summed E-state index contributed by atoms with van der Waals surface area (Å²) in [6, 6.07) is 0. The number of nitrogens with two attached hydrogens (primary N) is 1. The molecular formula is C9H11N5O4. The van der Waals surface area contributed by atoms with Crippen LogP contribution in [0.15, 0.2) is 11.1 Å². The summed E-state index contributed by atoms with van der Waals surface area (Å²) >= 11 is 0. The number of aromatic nitrogens is 4. The van der Waals surface area contributed by atoms with E-state index in [1.165, 1.54) is 6.33 Å². The molecule has 18 heavy (non-hydrogen) atoms. The van der Waals surface area contributed by atoms with Crippen molar-refractivity contribution in [1.82, 2.24) is 19.5 Å². The van der Waals surface area contributed by atoms with Gasteiger partial charge in [-0.15, -0.1) is 0 Å². The number of anilines is 1. The third kappa shape index (κ3) is 1.41. The number of fused-ring (bicyclic) bond motifs is 1. The van der Waals surface area contributed by atoms with E-state index < -0.39 is 24.0 Å². The number of nitrogens with zero attached hydrogens (tertiary/aromatic N) is 3. The Morgan fingerprint density at radius 2 is 2.33 bits per heavy atom. The van der Waals surface area contributed by atoms with Gasteiger partial charge in [-0.2, -0.15) is 4.98 Å². The molecule has 9 heteroatoms. The van der Waals surface area contributed by atoms with Gasteiger partial charge in [-0.05, 0) is 0 Å². The monoisotopic (exact) mass is 253 g/mol. The molecule has 3 rings (SSSR count). The molecule has 0 aromatic carbocycles. The molecule has 0 saturated carbocycles. The Bertz CT molecular complexity index is 650. The van der Waals surface area contributed by atoms with Gasteiger partial charge in [0.25, 0.3) is 5.56 Å². The first-order valence-corrected chi connectivity index (χ1v) is 5.28. The molecule has 2 aromatic rings. The number of hydrogen-bond acceptors (Lipinski definition) is 7. The zero-order valence-corrected chi connectivity index (χ0v) is 9.15. The van der Waals surface area contributed by atoms with Crippen LogP contribution in [0, 0.1) is 0 Å². The molecule has 1 aliphatic rings. The predicted molar refractivity (Wildman–Crippen MR) is 59.6 cm³/mol. The first-order valence-electron chi connectivity index (χ1n) is 5.28. The van der Waals surface area contributed by atoms with Crippen LogP contribution in [0.25, 0.3) is 11.2 Å². The standard InChI is InChI=1S/C9H11N5O4/c10-9-13-6-4(11-2-12-6)7(17)14(9)8-5(16)3(15)1-18-8/h2-3,5,8,15-16H,1H2,(H2,10,13)(H,11,12)/t3-,5-,8-/m0/s1. The average molecular weight is 253 g/mol. The molecule has 0 unspecified atom stereocenters. The van der Waals surface area contributed by atoms with Gasteiger partial charge in [0, 0.05) is 0 Å². The second kappa shape index (κ2) is 3.77. The van der Waals surface area contributed by atoms with E-state index >= 15 is 0 Å². The largest absolute Gasteiger partial charge is 0.388 e. The minimum Gasteiger partial charge on any atom is -0.388 e. The number of imidazole rings is 1. The molecule has 3 atom stereocenters. The van der Waals surface area contributed by atoms with E-state index in [2.05, 4.69) is 15.0 Å². The number of aliphatic hydroxyl groups is 2. The maximum absolute atomic E-state index is 12.1. The highest BCUT2D eigenvalue weighted by atomic mass is 16.5. The third-order valence-corrected chi connectivity index (χ3v) is 2.89. The molecule has 0 radical (unpaired) electrons. The van der Waals surface area contributed by atoms with Crippen LogP contribution in [0.1, 0.15) is 6.23 Å². The summed E-state index contributed by atoms with van der Waals surface area (Å²) in [4.78, 5) is 22.6. The summed E-state index contributed by atoms with van der Waals surface area (Å²) in [6.45, 7) is -0.0731. The number of nitrogen functional groups attached to an aromatic ring is 1. The van der Waals surface area contributed by atoms with Crippen LogP contribution in [-0.4, -0.2) is 48.5 Å². The van der Waals surface area contributed by atoms with Crippen LogP contribution >= 0.6 is 0 Å². The number of aromatic amines is 1. The summed E-state index contributed by atoms with van der Waals surface area (Å²) in [5.74, 6) is -0.116. The summed E-state index contributed by atoms with van der Waals surface area (Å²) in [5.41, 5.74) is 5.50. The summed E-state index contributed by atoms with van der Waals surface area (Å²) in [5, 5.41) is 19.1. The molecule has 2 aromatic heterocycles. The molecule has 0 bridgehead atoms. The number of nitrogens with one attached hydrogen (secondary N) is 1. The van der Waals surface area contributed by atoms with Crippen molar-refractivity contribution in [3.63, 3.8) is 0 Å². The van der Waals surface area contributed by atoms with E-state index in [9.17, 15) is 15.0 Å². The Kier molecular flexibility index (Phi) is 2.33. The van der Waals surface area contributed by atoms with E-state index in [-0.39, 0.29) is 23.7 Å². The van der Waals surface area contributed by atoms with Gasteiger partial charge in [-0.25, -0.2) is 9.55 Å². The van der Waals surface area contributed by atoms with E-state index in [0.717, 1.165) is 4.57 Å². The summed E-state index contributed by atoms with van der Waals surface area (Å²) < 4.78 is 6.15. The fourth-order valence-corrected chi connectivity index (χ4v) is 1.97. The molecule has 0 spiro atoms. The maximum Gasteiger partial charge on any atom is 0.285 e. The van der Waals surface area contributed by atoms with Crippen molar-refractivity contribution in [2.75, 3.05) is 12.3 Å². The molecular weight excluding hydrogens is 242 g/mol. The quantitative estimate of drug-likeness (QED) is 0.458. The highest BCUT2D eigenvalue weighted by Gasteiger charge is 2.38. The van der Waals surface area contributed by atoms with Crippen LogP contribution < -0.4 is 11.3 Å². The fourth-order valence-electron chi connectivity index (χ4n) is 1.97. The Morgan fingerprint density at radius 1 is 1.56 bits per heavy atom. The van der Waals surface area contributed by atoms with Crippen molar-refractivity contribution < 1.29 is 14.9 Å². The molecule has 1 fully saturated rings. The number of H-pyrrole nitrogens is 1. The van der Waals surface area contributed by atoms with Crippen molar-refractivity contribution in [3.05, 3.63) is 16.7 Å². The molecule has 0 aliphatic carbocycles. The van der Waals surface area contributed by atoms with Gasteiger partial charge in [0.1, 0.15) is 12.2 Å². The van der Waals surface area contributed by atoms with Crippen molar-refractivity contribution in [2.45, 2.75) is 18.4 Å². The number of ether oxygens (including phenoxy) is 1. The van der Waals surface area contributed by atoms with Crippen molar-refractivity contribution >= 4 is 17.1 Å². The Morgan fingerprint density at radius 3 is 3.00 bits per heavy atom. The van der Waals surface area contributed by atoms with Gasteiger partial charge in [0.15, 0.2) is 17.4 Å². The van der Waals surface area contributed by atoms with Crippen molar-refractivity contribution in [2.24, 2.45) is 0 Å². The molecule has 1 saturated heterocycles. The normalized spacial score (nSPS) is 28.0. The SMILES string of the molecule is Nc1nc2[nH]cnc2c(=O)n1[C@H]1OC[C@H](O)[C@@H]1O.